The van der Waals surface area contributed by atoms with Gasteiger partial charge < -0.3 is 5.32 Å². The molecule has 0 saturated heterocycles. The van der Waals surface area contributed by atoms with E-state index < -0.39 is 0 Å². The first kappa shape index (κ1) is 20.2. The first-order valence-electron chi connectivity index (χ1n) is 8.68. The number of thioether (sulfide) groups is 1. The van der Waals surface area contributed by atoms with Crippen LogP contribution >= 0.6 is 46.3 Å². The van der Waals surface area contributed by atoms with Gasteiger partial charge in [0.05, 0.1) is 21.8 Å². The monoisotopic (exact) mass is 459 g/mol. The molecule has 146 valence electrons. The summed E-state index contributed by atoms with van der Waals surface area (Å²) in [4.78, 5) is 22.1. The third-order valence-electron chi connectivity index (χ3n) is 4.24. The van der Waals surface area contributed by atoms with Crippen LogP contribution in [0.3, 0.4) is 0 Å². The highest BCUT2D eigenvalue weighted by Crippen LogP contribution is 2.38. The first-order chi connectivity index (χ1) is 14.0. The Morgan fingerprint density at radius 1 is 1.14 bits per heavy atom. The number of carbonyl (C=O) groups is 1. The second-order valence-electron chi connectivity index (χ2n) is 6.34. The standard InChI is InChI=1S/C21H15Cl2N3OS2/c1-12-2-4-13(5-3-12)15-9-28-20-19(15)21(25-11-24-20)29-10-18(27)26-17-7-6-14(22)8-16(17)23/h2-9,11H,10H2,1H3,(H,26,27). The van der Waals surface area contributed by atoms with Crippen LogP contribution in [0.1, 0.15) is 5.56 Å². The van der Waals surface area contributed by atoms with E-state index >= 15 is 0 Å². The smallest absolute Gasteiger partial charge is 0.234 e. The van der Waals surface area contributed by atoms with Gasteiger partial charge in [0.2, 0.25) is 5.91 Å². The molecular formula is C21H15Cl2N3OS2. The second-order valence-corrected chi connectivity index (χ2v) is 9.00. The number of thiophene rings is 1. The van der Waals surface area contributed by atoms with E-state index in [1.807, 2.05) is 0 Å². The zero-order valence-corrected chi connectivity index (χ0v) is 18.4. The molecule has 4 nitrogen and oxygen atoms in total. The SMILES string of the molecule is Cc1ccc(-c2csc3ncnc(SCC(=O)Nc4ccc(Cl)cc4Cl)c23)cc1. The van der Waals surface area contributed by atoms with E-state index in [1.54, 1.807) is 29.5 Å². The summed E-state index contributed by atoms with van der Waals surface area (Å²) in [5, 5.41) is 7.58. The van der Waals surface area contributed by atoms with E-state index in [9.17, 15) is 4.79 Å². The summed E-state index contributed by atoms with van der Waals surface area (Å²) < 4.78 is 0. The molecule has 0 atom stereocenters. The Morgan fingerprint density at radius 3 is 2.69 bits per heavy atom. The van der Waals surface area contributed by atoms with E-state index in [2.05, 4.69) is 51.9 Å². The van der Waals surface area contributed by atoms with Gasteiger partial charge in [-0.3, -0.25) is 4.79 Å². The summed E-state index contributed by atoms with van der Waals surface area (Å²) in [5.74, 6) is 0.0342. The van der Waals surface area contributed by atoms with Crippen molar-refractivity contribution in [3.8, 4) is 11.1 Å². The second kappa shape index (κ2) is 8.71. The van der Waals surface area contributed by atoms with Crippen LogP contribution in [0.5, 0.6) is 0 Å². The zero-order valence-electron chi connectivity index (χ0n) is 15.3. The fourth-order valence-corrected chi connectivity index (χ4v) is 5.06. The van der Waals surface area contributed by atoms with E-state index in [-0.39, 0.29) is 11.7 Å². The molecule has 4 rings (SSSR count). The molecular weight excluding hydrogens is 445 g/mol. The maximum Gasteiger partial charge on any atom is 0.234 e. The number of carbonyl (C=O) groups excluding carboxylic acids is 1. The molecule has 2 aromatic heterocycles. The molecule has 0 saturated carbocycles. The summed E-state index contributed by atoms with van der Waals surface area (Å²) >= 11 is 15.0. The van der Waals surface area contributed by atoms with Gasteiger partial charge in [-0.1, -0.05) is 64.8 Å². The summed E-state index contributed by atoms with van der Waals surface area (Å²) in [7, 11) is 0. The van der Waals surface area contributed by atoms with Crippen molar-refractivity contribution < 1.29 is 4.79 Å². The highest BCUT2D eigenvalue weighted by atomic mass is 35.5. The number of anilines is 1. The van der Waals surface area contributed by atoms with Crippen molar-refractivity contribution in [3.63, 3.8) is 0 Å². The number of aromatic nitrogens is 2. The van der Waals surface area contributed by atoms with Crippen molar-refractivity contribution in [1.82, 2.24) is 9.97 Å². The minimum atomic E-state index is -0.168. The van der Waals surface area contributed by atoms with Gasteiger partial charge in [-0.05, 0) is 30.7 Å². The maximum atomic E-state index is 12.4. The number of nitrogens with one attached hydrogen (secondary N) is 1. The zero-order chi connectivity index (χ0) is 20.4. The summed E-state index contributed by atoms with van der Waals surface area (Å²) in [5.41, 5.74) is 3.92. The lowest BCUT2D eigenvalue weighted by Crippen LogP contribution is -2.14. The molecule has 8 heteroatoms. The van der Waals surface area contributed by atoms with Gasteiger partial charge in [-0.2, -0.15) is 0 Å². The van der Waals surface area contributed by atoms with Crippen LogP contribution in [0.25, 0.3) is 21.3 Å². The first-order valence-corrected chi connectivity index (χ1v) is 11.3. The minimum Gasteiger partial charge on any atom is -0.324 e. The molecule has 2 aromatic carbocycles. The number of hydrogen-bond acceptors (Lipinski definition) is 5. The van der Waals surface area contributed by atoms with Crippen LogP contribution in [0.4, 0.5) is 5.69 Å². The Morgan fingerprint density at radius 2 is 1.93 bits per heavy atom. The largest absolute Gasteiger partial charge is 0.324 e. The molecule has 1 amide bonds. The van der Waals surface area contributed by atoms with Crippen LogP contribution in [-0.4, -0.2) is 21.6 Å². The Kier molecular flexibility index (Phi) is 6.06. The van der Waals surface area contributed by atoms with Gasteiger partial charge in [-0.15, -0.1) is 11.3 Å². The van der Waals surface area contributed by atoms with Crippen LogP contribution in [0.2, 0.25) is 10.0 Å². The number of halogens is 2. The van der Waals surface area contributed by atoms with E-state index in [1.165, 1.54) is 23.7 Å². The fraction of sp³-hybridized carbons (Fsp3) is 0.0952. The molecule has 1 N–H and O–H groups in total. The number of nitrogens with zero attached hydrogens (tertiary/aromatic N) is 2. The van der Waals surface area contributed by atoms with Crippen molar-refractivity contribution in [2.24, 2.45) is 0 Å². The summed E-state index contributed by atoms with van der Waals surface area (Å²) in [6, 6.07) is 13.3. The predicted octanol–water partition coefficient (Wildman–Crippen LogP) is 6.70. The molecule has 0 unspecified atom stereocenters. The Balaban J connectivity index is 1.55. The number of benzene rings is 2. The predicted molar refractivity (Wildman–Crippen MR) is 123 cm³/mol. The normalized spacial score (nSPS) is 11.0. The van der Waals surface area contributed by atoms with Crippen LogP contribution < -0.4 is 5.32 Å². The van der Waals surface area contributed by atoms with Gasteiger partial charge in [0, 0.05) is 16.0 Å². The fourth-order valence-electron chi connectivity index (χ4n) is 2.81. The molecule has 0 radical (unpaired) electrons. The molecule has 0 aliphatic rings. The maximum absolute atomic E-state index is 12.4. The minimum absolute atomic E-state index is 0.168. The van der Waals surface area contributed by atoms with Gasteiger partial charge in [-0.25, -0.2) is 9.97 Å². The molecule has 0 spiro atoms. The number of rotatable bonds is 5. The lowest BCUT2D eigenvalue weighted by molar-refractivity contribution is -0.113. The van der Waals surface area contributed by atoms with Crippen LogP contribution in [-0.2, 0) is 4.79 Å². The topological polar surface area (TPSA) is 54.9 Å². The van der Waals surface area contributed by atoms with Crippen LogP contribution in [0.15, 0.2) is 59.2 Å². The van der Waals surface area contributed by atoms with Crippen molar-refractivity contribution >= 4 is 68.1 Å². The van der Waals surface area contributed by atoms with Crippen molar-refractivity contribution in [1.29, 1.82) is 0 Å². The van der Waals surface area contributed by atoms with Gasteiger partial charge in [0.1, 0.15) is 16.2 Å². The Labute approximate surface area is 186 Å². The van der Waals surface area contributed by atoms with Crippen molar-refractivity contribution in [2.75, 3.05) is 11.1 Å². The van der Waals surface area contributed by atoms with E-state index in [0.29, 0.717) is 15.7 Å². The van der Waals surface area contributed by atoms with Crippen molar-refractivity contribution in [3.05, 3.63) is 69.8 Å². The molecule has 29 heavy (non-hydrogen) atoms. The van der Waals surface area contributed by atoms with E-state index in [4.69, 9.17) is 23.2 Å². The Hall–Kier alpha value is -2.12. The average molecular weight is 460 g/mol. The lowest BCUT2D eigenvalue weighted by atomic mass is 10.1. The van der Waals surface area contributed by atoms with E-state index in [0.717, 1.165) is 26.4 Å². The quantitative estimate of drug-likeness (QED) is 0.266. The molecule has 2 heterocycles. The summed E-state index contributed by atoms with van der Waals surface area (Å²) in [6.45, 7) is 2.06. The van der Waals surface area contributed by atoms with Crippen LogP contribution in [0, 0.1) is 6.92 Å². The third kappa shape index (κ3) is 4.56. The molecule has 0 aliphatic carbocycles. The summed E-state index contributed by atoms with van der Waals surface area (Å²) in [6.07, 6.45) is 1.54. The number of fused-ring (bicyclic) bond motifs is 1. The van der Waals surface area contributed by atoms with Gasteiger partial charge in [0.25, 0.3) is 0 Å². The number of aryl methyl sites for hydroxylation is 1. The van der Waals surface area contributed by atoms with Gasteiger partial charge in [0.15, 0.2) is 0 Å². The van der Waals surface area contributed by atoms with Gasteiger partial charge >= 0.3 is 0 Å². The molecule has 0 bridgehead atoms. The number of amides is 1. The number of hydrogen-bond donors (Lipinski definition) is 1. The molecule has 0 fully saturated rings. The lowest BCUT2D eigenvalue weighted by Gasteiger charge is -2.08. The highest BCUT2D eigenvalue weighted by Gasteiger charge is 2.15. The molecule has 4 aromatic rings. The van der Waals surface area contributed by atoms with Crippen molar-refractivity contribution in [2.45, 2.75) is 11.9 Å². The highest BCUT2D eigenvalue weighted by molar-refractivity contribution is 8.00. The Bertz CT molecular complexity index is 1190. The third-order valence-corrected chi connectivity index (χ3v) is 6.67. The average Bonchev–Trinajstić information content (AvgIpc) is 3.14. The molecule has 0 aliphatic heterocycles.